The van der Waals surface area contributed by atoms with Gasteiger partial charge in [0.05, 0.1) is 25.3 Å². The largest absolute Gasteiger partial charge is 0.465 e. The van der Waals surface area contributed by atoms with Crippen molar-refractivity contribution in [3.8, 4) is 0 Å². The number of carbonyl (C=O) groups excluding carboxylic acids is 3. The lowest BCUT2D eigenvalue weighted by atomic mass is 9.77. The molecule has 1 aliphatic carbocycles. The summed E-state index contributed by atoms with van der Waals surface area (Å²) < 4.78 is 9.73. The van der Waals surface area contributed by atoms with Gasteiger partial charge in [-0.15, -0.1) is 0 Å². The van der Waals surface area contributed by atoms with Gasteiger partial charge in [-0.1, -0.05) is 31.2 Å². The van der Waals surface area contributed by atoms with Crippen LogP contribution >= 0.6 is 0 Å². The molecule has 0 spiro atoms. The van der Waals surface area contributed by atoms with Crippen molar-refractivity contribution in [2.75, 3.05) is 14.2 Å². The summed E-state index contributed by atoms with van der Waals surface area (Å²) in [7, 11) is 2.49. The highest BCUT2D eigenvalue weighted by Gasteiger charge is 2.34. The molecular formula is C19H18O5. The van der Waals surface area contributed by atoms with Gasteiger partial charge < -0.3 is 9.47 Å². The Balaban J connectivity index is 2.52. The molecule has 5 heteroatoms. The Morgan fingerprint density at radius 1 is 0.958 bits per heavy atom. The molecule has 0 saturated carbocycles. The summed E-state index contributed by atoms with van der Waals surface area (Å²) in [4.78, 5) is 37.5. The van der Waals surface area contributed by atoms with Crippen molar-refractivity contribution in [2.45, 2.75) is 19.8 Å². The summed E-state index contributed by atoms with van der Waals surface area (Å²) in [5.41, 5.74) is 1.23. The maximum absolute atomic E-state index is 12.7. The summed E-state index contributed by atoms with van der Waals surface area (Å²) in [6.07, 6.45) is 1.02. The molecule has 24 heavy (non-hydrogen) atoms. The highest BCUT2D eigenvalue weighted by atomic mass is 16.5. The molecule has 0 amide bonds. The van der Waals surface area contributed by atoms with Crippen molar-refractivity contribution in [2.24, 2.45) is 5.92 Å². The number of carbonyl (C=O) groups is 3. The number of Topliss-reactive ketones (excluding diaryl/α,β-unsaturated/α-hetero) is 1. The third kappa shape index (κ3) is 2.37. The molecule has 1 aliphatic rings. The van der Waals surface area contributed by atoms with E-state index in [1.807, 2.05) is 19.1 Å². The standard InChI is InChI=1S/C19H18O5/c1-10-8-13-11-6-4-5-7-12(11)16(18(21)23-2)17(19(22)24-3)15(13)14(20)9-10/h4-7,10H,8-9H2,1-3H3. The van der Waals surface area contributed by atoms with Crippen LogP contribution in [0.5, 0.6) is 0 Å². The Morgan fingerprint density at radius 2 is 1.54 bits per heavy atom. The molecule has 124 valence electrons. The second-order valence-electron chi connectivity index (χ2n) is 6.07. The number of hydrogen-bond donors (Lipinski definition) is 0. The molecule has 2 aromatic rings. The third-order valence-corrected chi connectivity index (χ3v) is 4.47. The lowest BCUT2D eigenvalue weighted by molar-refractivity contribution is 0.0554. The summed E-state index contributed by atoms with van der Waals surface area (Å²) in [6, 6.07) is 7.27. The van der Waals surface area contributed by atoms with E-state index in [9.17, 15) is 14.4 Å². The number of hydrogen-bond acceptors (Lipinski definition) is 5. The van der Waals surface area contributed by atoms with Crippen LogP contribution in [0.4, 0.5) is 0 Å². The summed E-state index contributed by atoms with van der Waals surface area (Å²) in [6.45, 7) is 2.00. The van der Waals surface area contributed by atoms with Crippen LogP contribution in [0.1, 0.15) is 50.0 Å². The van der Waals surface area contributed by atoms with Crippen molar-refractivity contribution in [3.63, 3.8) is 0 Å². The van der Waals surface area contributed by atoms with Gasteiger partial charge in [0.25, 0.3) is 0 Å². The van der Waals surface area contributed by atoms with Gasteiger partial charge in [0.1, 0.15) is 0 Å². The van der Waals surface area contributed by atoms with Crippen molar-refractivity contribution in [1.82, 2.24) is 0 Å². The van der Waals surface area contributed by atoms with Gasteiger partial charge in [-0.05, 0) is 28.7 Å². The number of esters is 2. The maximum atomic E-state index is 12.7. The van der Waals surface area contributed by atoms with E-state index in [1.165, 1.54) is 14.2 Å². The SMILES string of the molecule is COC(=O)c1c2c(c3ccccc3c1C(=O)OC)CC(C)CC2=O. The number of rotatable bonds is 2. The van der Waals surface area contributed by atoms with Crippen LogP contribution in [0.2, 0.25) is 0 Å². The third-order valence-electron chi connectivity index (χ3n) is 4.47. The van der Waals surface area contributed by atoms with E-state index in [0.29, 0.717) is 23.8 Å². The molecule has 0 aromatic heterocycles. The zero-order valence-electron chi connectivity index (χ0n) is 13.8. The predicted molar refractivity (Wildman–Crippen MR) is 88.4 cm³/mol. The van der Waals surface area contributed by atoms with E-state index in [0.717, 1.165) is 10.9 Å². The molecule has 0 bridgehead atoms. The van der Waals surface area contributed by atoms with E-state index in [1.54, 1.807) is 12.1 Å². The van der Waals surface area contributed by atoms with Gasteiger partial charge in [0, 0.05) is 12.0 Å². The topological polar surface area (TPSA) is 69.7 Å². The minimum Gasteiger partial charge on any atom is -0.465 e. The average Bonchev–Trinajstić information content (AvgIpc) is 2.59. The van der Waals surface area contributed by atoms with E-state index < -0.39 is 11.9 Å². The number of ether oxygens (including phenoxy) is 2. The van der Waals surface area contributed by atoms with Crippen molar-refractivity contribution in [1.29, 1.82) is 0 Å². The van der Waals surface area contributed by atoms with Crippen LogP contribution in [0.25, 0.3) is 10.8 Å². The van der Waals surface area contributed by atoms with E-state index in [-0.39, 0.29) is 22.8 Å². The fraction of sp³-hybridized carbons (Fsp3) is 0.316. The smallest absolute Gasteiger partial charge is 0.339 e. The number of benzene rings is 2. The molecule has 1 unspecified atom stereocenters. The van der Waals surface area contributed by atoms with Gasteiger partial charge in [-0.3, -0.25) is 4.79 Å². The quantitative estimate of drug-likeness (QED) is 0.793. The number of methoxy groups -OCH3 is 2. The maximum Gasteiger partial charge on any atom is 0.339 e. The second-order valence-corrected chi connectivity index (χ2v) is 6.07. The minimum absolute atomic E-state index is 0.0231. The first-order valence-corrected chi connectivity index (χ1v) is 7.77. The predicted octanol–water partition coefficient (Wildman–Crippen LogP) is 3.18. The normalized spacial score (nSPS) is 16.6. The molecule has 5 nitrogen and oxygen atoms in total. The molecule has 0 saturated heterocycles. The van der Waals surface area contributed by atoms with Crippen molar-refractivity contribution in [3.05, 3.63) is 46.5 Å². The highest BCUT2D eigenvalue weighted by Crippen LogP contribution is 2.37. The Bertz CT molecular complexity index is 866. The lowest BCUT2D eigenvalue weighted by Gasteiger charge is -2.25. The minimum atomic E-state index is -0.694. The molecule has 0 N–H and O–H groups in total. The van der Waals surface area contributed by atoms with Crippen LogP contribution in [0, 0.1) is 5.92 Å². The first-order valence-electron chi connectivity index (χ1n) is 7.77. The van der Waals surface area contributed by atoms with Gasteiger partial charge in [-0.25, -0.2) is 9.59 Å². The Labute approximate surface area is 139 Å². The zero-order chi connectivity index (χ0) is 17.4. The number of fused-ring (bicyclic) bond motifs is 3. The molecule has 1 atom stereocenters. The van der Waals surface area contributed by atoms with E-state index in [2.05, 4.69) is 0 Å². The number of ketones is 1. The first-order chi connectivity index (χ1) is 11.5. The molecule has 0 aliphatic heterocycles. The van der Waals surface area contributed by atoms with Crippen LogP contribution in [-0.4, -0.2) is 31.9 Å². The fourth-order valence-electron chi connectivity index (χ4n) is 3.49. The summed E-state index contributed by atoms with van der Waals surface area (Å²) in [5.74, 6) is -1.30. The molecule has 0 radical (unpaired) electrons. The van der Waals surface area contributed by atoms with E-state index >= 15 is 0 Å². The average molecular weight is 326 g/mol. The van der Waals surface area contributed by atoms with Crippen molar-refractivity contribution < 1.29 is 23.9 Å². The van der Waals surface area contributed by atoms with Gasteiger partial charge in [0.2, 0.25) is 0 Å². The van der Waals surface area contributed by atoms with Crippen molar-refractivity contribution >= 4 is 28.5 Å². The highest BCUT2D eigenvalue weighted by molar-refractivity contribution is 6.20. The van der Waals surface area contributed by atoms with Crippen LogP contribution < -0.4 is 0 Å². The van der Waals surface area contributed by atoms with E-state index in [4.69, 9.17) is 9.47 Å². The van der Waals surface area contributed by atoms with Gasteiger partial charge >= 0.3 is 11.9 Å². The zero-order valence-corrected chi connectivity index (χ0v) is 13.8. The van der Waals surface area contributed by atoms with Gasteiger partial charge in [-0.2, -0.15) is 0 Å². The summed E-state index contributed by atoms with van der Waals surface area (Å²) in [5, 5.41) is 1.41. The van der Waals surface area contributed by atoms with Crippen LogP contribution in [-0.2, 0) is 15.9 Å². The fourth-order valence-corrected chi connectivity index (χ4v) is 3.49. The monoisotopic (exact) mass is 326 g/mol. The Hall–Kier alpha value is -2.69. The first kappa shape index (κ1) is 16.2. The summed E-state index contributed by atoms with van der Waals surface area (Å²) >= 11 is 0. The van der Waals surface area contributed by atoms with Crippen LogP contribution in [0.3, 0.4) is 0 Å². The van der Waals surface area contributed by atoms with Crippen LogP contribution in [0.15, 0.2) is 24.3 Å². The van der Waals surface area contributed by atoms with Gasteiger partial charge in [0.15, 0.2) is 5.78 Å². The molecule has 0 fully saturated rings. The Morgan fingerprint density at radius 3 is 2.17 bits per heavy atom. The lowest BCUT2D eigenvalue weighted by Crippen LogP contribution is -2.25. The molecule has 3 rings (SSSR count). The second kappa shape index (κ2) is 6.07. The molecular weight excluding hydrogens is 308 g/mol. The molecule has 2 aromatic carbocycles. The molecule has 0 heterocycles. The Kier molecular flexibility index (Phi) is 4.09.